The average molecular weight is 443 g/mol. The summed E-state index contributed by atoms with van der Waals surface area (Å²) in [5.74, 6) is 1.84. The standard InChI is InChI=1S/C26H42N4O2/c1-32-24-9-7-23(8-10-24)30-18-16-29(17-19-30)15-5-14-28-25(31)11-6-22-20-27-21-26(22)12-3-2-4-13-26/h7-10,22,27H,2-6,11-21H2,1H3,(H,28,31). The lowest BCUT2D eigenvalue weighted by molar-refractivity contribution is -0.121. The number of carbonyl (C=O) groups is 1. The largest absolute Gasteiger partial charge is 0.497 e. The van der Waals surface area contributed by atoms with Crippen LogP contribution in [0.15, 0.2) is 24.3 Å². The number of ether oxygens (including phenoxy) is 1. The van der Waals surface area contributed by atoms with Crippen LogP contribution < -0.4 is 20.3 Å². The second-order valence-electron chi connectivity index (χ2n) is 10.0. The number of piperazine rings is 1. The fourth-order valence-corrected chi connectivity index (χ4v) is 6.05. The zero-order chi connectivity index (χ0) is 22.2. The Morgan fingerprint density at radius 3 is 2.59 bits per heavy atom. The second-order valence-corrected chi connectivity index (χ2v) is 10.0. The van der Waals surface area contributed by atoms with Gasteiger partial charge >= 0.3 is 0 Å². The topological polar surface area (TPSA) is 56.8 Å². The average Bonchev–Trinajstić information content (AvgIpc) is 3.22. The molecule has 2 aliphatic heterocycles. The van der Waals surface area contributed by atoms with Crippen molar-refractivity contribution in [1.29, 1.82) is 0 Å². The van der Waals surface area contributed by atoms with Gasteiger partial charge in [0.25, 0.3) is 0 Å². The minimum Gasteiger partial charge on any atom is -0.497 e. The van der Waals surface area contributed by atoms with E-state index in [-0.39, 0.29) is 5.91 Å². The van der Waals surface area contributed by atoms with Crippen molar-refractivity contribution >= 4 is 11.6 Å². The van der Waals surface area contributed by atoms with Gasteiger partial charge in [0.2, 0.25) is 5.91 Å². The van der Waals surface area contributed by atoms with Gasteiger partial charge in [0.1, 0.15) is 5.75 Å². The Morgan fingerprint density at radius 2 is 1.88 bits per heavy atom. The number of methoxy groups -OCH3 is 1. The molecule has 0 bridgehead atoms. The molecule has 1 aromatic carbocycles. The normalized spacial score (nSPS) is 23.4. The Bertz CT molecular complexity index is 709. The van der Waals surface area contributed by atoms with Crippen LogP contribution in [0.4, 0.5) is 5.69 Å². The number of carbonyl (C=O) groups excluding carboxylic acids is 1. The van der Waals surface area contributed by atoms with Gasteiger partial charge in [-0.15, -0.1) is 0 Å². The number of rotatable bonds is 9. The summed E-state index contributed by atoms with van der Waals surface area (Å²) in [6.07, 6.45) is 9.63. The molecule has 6 heteroatoms. The molecule has 1 amide bonds. The van der Waals surface area contributed by atoms with E-state index < -0.39 is 0 Å². The molecular formula is C26H42N4O2. The summed E-state index contributed by atoms with van der Waals surface area (Å²) in [6, 6.07) is 8.34. The van der Waals surface area contributed by atoms with Gasteiger partial charge < -0.3 is 20.3 Å². The molecule has 178 valence electrons. The maximum absolute atomic E-state index is 12.4. The summed E-state index contributed by atoms with van der Waals surface area (Å²) in [4.78, 5) is 17.4. The molecule has 1 saturated carbocycles. The van der Waals surface area contributed by atoms with E-state index in [1.54, 1.807) is 7.11 Å². The van der Waals surface area contributed by atoms with Crippen molar-refractivity contribution in [2.75, 3.05) is 64.4 Å². The summed E-state index contributed by atoms with van der Waals surface area (Å²) >= 11 is 0. The van der Waals surface area contributed by atoms with Crippen LogP contribution in [0, 0.1) is 11.3 Å². The monoisotopic (exact) mass is 442 g/mol. The molecule has 1 aliphatic carbocycles. The molecule has 32 heavy (non-hydrogen) atoms. The van der Waals surface area contributed by atoms with Gasteiger partial charge in [-0.3, -0.25) is 9.69 Å². The first-order chi connectivity index (χ1) is 15.7. The Kier molecular flexibility index (Phi) is 8.31. The van der Waals surface area contributed by atoms with Crippen molar-refractivity contribution in [3.63, 3.8) is 0 Å². The maximum atomic E-state index is 12.4. The molecule has 1 spiro atoms. The first kappa shape index (κ1) is 23.4. The fraction of sp³-hybridized carbons (Fsp3) is 0.731. The van der Waals surface area contributed by atoms with Crippen LogP contribution >= 0.6 is 0 Å². The predicted octanol–water partition coefficient (Wildman–Crippen LogP) is 3.27. The highest BCUT2D eigenvalue weighted by Crippen LogP contribution is 2.46. The number of nitrogens with zero attached hydrogens (tertiary/aromatic N) is 2. The minimum absolute atomic E-state index is 0.243. The summed E-state index contributed by atoms with van der Waals surface area (Å²) in [5.41, 5.74) is 1.76. The van der Waals surface area contributed by atoms with Crippen molar-refractivity contribution in [2.24, 2.45) is 11.3 Å². The zero-order valence-corrected chi connectivity index (χ0v) is 19.9. The number of nitrogens with one attached hydrogen (secondary N) is 2. The third kappa shape index (κ3) is 5.96. The molecule has 3 fully saturated rings. The third-order valence-electron chi connectivity index (χ3n) is 8.09. The summed E-state index contributed by atoms with van der Waals surface area (Å²) in [6.45, 7) is 8.40. The number of hydrogen-bond donors (Lipinski definition) is 2. The lowest BCUT2D eigenvalue weighted by Crippen LogP contribution is -2.47. The van der Waals surface area contributed by atoms with Gasteiger partial charge in [-0.05, 0) is 74.4 Å². The first-order valence-electron chi connectivity index (χ1n) is 12.8. The summed E-state index contributed by atoms with van der Waals surface area (Å²) in [5, 5.41) is 6.79. The lowest BCUT2D eigenvalue weighted by Gasteiger charge is -2.38. The van der Waals surface area contributed by atoms with Gasteiger partial charge in [0.15, 0.2) is 0 Å². The highest BCUT2D eigenvalue weighted by molar-refractivity contribution is 5.75. The van der Waals surface area contributed by atoms with Crippen LogP contribution in [0.25, 0.3) is 0 Å². The molecule has 6 nitrogen and oxygen atoms in total. The van der Waals surface area contributed by atoms with Crippen LogP contribution in [0.1, 0.15) is 51.4 Å². The third-order valence-corrected chi connectivity index (χ3v) is 8.09. The maximum Gasteiger partial charge on any atom is 0.220 e. The van der Waals surface area contributed by atoms with E-state index in [0.717, 1.165) is 64.4 Å². The van der Waals surface area contributed by atoms with Crippen molar-refractivity contribution in [1.82, 2.24) is 15.5 Å². The van der Waals surface area contributed by atoms with Crippen LogP contribution in [-0.4, -0.2) is 70.3 Å². The van der Waals surface area contributed by atoms with Crippen LogP contribution in [-0.2, 0) is 4.79 Å². The molecule has 1 atom stereocenters. The minimum atomic E-state index is 0.243. The van der Waals surface area contributed by atoms with Crippen molar-refractivity contribution < 1.29 is 9.53 Å². The Hall–Kier alpha value is -1.79. The zero-order valence-electron chi connectivity index (χ0n) is 19.9. The predicted molar refractivity (Wildman–Crippen MR) is 130 cm³/mol. The van der Waals surface area contributed by atoms with Gasteiger partial charge in [0, 0.05) is 51.4 Å². The number of benzene rings is 1. The molecule has 0 aromatic heterocycles. The first-order valence-corrected chi connectivity index (χ1v) is 12.8. The Labute approximate surface area is 194 Å². The lowest BCUT2D eigenvalue weighted by atomic mass is 9.66. The number of anilines is 1. The SMILES string of the molecule is COc1ccc(N2CCN(CCCNC(=O)CCC3CNCC34CCCCC4)CC2)cc1. The van der Waals surface area contributed by atoms with Crippen molar-refractivity contribution in [3.05, 3.63) is 24.3 Å². The van der Waals surface area contributed by atoms with Crippen molar-refractivity contribution in [2.45, 2.75) is 51.4 Å². The molecule has 1 unspecified atom stereocenters. The molecule has 0 radical (unpaired) electrons. The molecule has 2 heterocycles. The molecule has 3 aliphatic rings. The number of amides is 1. The van der Waals surface area contributed by atoms with Crippen LogP contribution in [0.5, 0.6) is 5.75 Å². The van der Waals surface area contributed by atoms with E-state index >= 15 is 0 Å². The van der Waals surface area contributed by atoms with Gasteiger partial charge in [-0.2, -0.15) is 0 Å². The molecular weight excluding hydrogens is 400 g/mol. The molecule has 4 rings (SSSR count). The summed E-state index contributed by atoms with van der Waals surface area (Å²) < 4.78 is 5.25. The fourth-order valence-electron chi connectivity index (χ4n) is 6.05. The Balaban J connectivity index is 1.08. The van der Waals surface area contributed by atoms with Gasteiger partial charge in [-0.25, -0.2) is 0 Å². The van der Waals surface area contributed by atoms with E-state index in [1.165, 1.54) is 44.3 Å². The molecule has 2 N–H and O–H groups in total. The highest BCUT2D eigenvalue weighted by Gasteiger charge is 2.42. The van der Waals surface area contributed by atoms with Gasteiger partial charge in [-0.1, -0.05) is 19.3 Å². The van der Waals surface area contributed by atoms with E-state index in [0.29, 0.717) is 17.8 Å². The quantitative estimate of drug-likeness (QED) is 0.575. The smallest absolute Gasteiger partial charge is 0.220 e. The second kappa shape index (κ2) is 11.4. The molecule has 1 aromatic rings. The highest BCUT2D eigenvalue weighted by atomic mass is 16.5. The number of hydrogen-bond acceptors (Lipinski definition) is 5. The van der Waals surface area contributed by atoms with Crippen LogP contribution in [0.3, 0.4) is 0 Å². The van der Waals surface area contributed by atoms with Gasteiger partial charge in [0.05, 0.1) is 7.11 Å². The Morgan fingerprint density at radius 1 is 1.12 bits per heavy atom. The van der Waals surface area contributed by atoms with E-state index in [9.17, 15) is 4.79 Å². The van der Waals surface area contributed by atoms with Crippen LogP contribution in [0.2, 0.25) is 0 Å². The van der Waals surface area contributed by atoms with E-state index in [2.05, 4.69) is 32.6 Å². The van der Waals surface area contributed by atoms with E-state index in [1.807, 2.05) is 12.1 Å². The van der Waals surface area contributed by atoms with Crippen molar-refractivity contribution in [3.8, 4) is 5.75 Å². The van der Waals surface area contributed by atoms with E-state index in [4.69, 9.17) is 4.74 Å². The molecule has 2 saturated heterocycles. The summed E-state index contributed by atoms with van der Waals surface area (Å²) in [7, 11) is 1.70.